The van der Waals surface area contributed by atoms with Gasteiger partial charge in [-0.05, 0) is 17.5 Å². The highest BCUT2D eigenvalue weighted by atomic mass is 32.2. The van der Waals surface area contributed by atoms with E-state index in [4.69, 9.17) is 0 Å². The van der Waals surface area contributed by atoms with Crippen LogP contribution in [0.25, 0.3) is 0 Å². The molecule has 5 heteroatoms. The van der Waals surface area contributed by atoms with Crippen molar-refractivity contribution in [3.05, 3.63) is 71.8 Å². The predicted molar refractivity (Wildman–Crippen MR) is 85.1 cm³/mol. The first kappa shape index (κ1) is 14.8. The van der Waals surface area contributed by atoms with Gasteiger partial charge in [-0.1, -0.05) is 60.7 Å². The van der Waals surface area contributed by atoms with Gasteiger partial charge in [0.25, 0.3) is 0 Å². The molecule has 1 unspecified atom stereocenters. The topological polar surface area (TPSA) is 54.5 Å². The van der Waals surface area contributed by atoms with Crippen molar-refractivity contribution >= 4 is 15.1 Å². The third-order valence-corrected chi connectivity index (χ3v) is 5.45. The van der Waals surface area contributed by atoms with E-state index in [0.717, 1.165) is 11.1 Å². The van der Waals surface area contributed by atoms with E-state index in [1.54, 1.807) is 0 Å². The fourth-order valence-electron chi connectivity index (χ4n) is 2.77. The molecule has 1 saturated heterocycles. The molecule has 0 N–H and O–H groups in total. The van der Waals surface area contributed by atoms with Gasteiger partial charge in [-0.3, -0.25) is 4.79 Å². The van der Waals surface area contributed by atoms with Crippen LogP contribution in [0.3, 0.4) is 0 Å². The first-order chi connectivity index (χ1) is 10.6. The predicted octanol–water partition coefficient (Wildman–Crippen LogP) is 2.65. The second-order valence-electron chi connectivity index (χ2n) is 5.50. The van der Waals surface area contributed by atoms with E-state index in [1.165, 1.54) is 4.90 Å². The Bertz CT molecular complexity index is 757. The summed E-state index contributed by atoms with van der Waals surface area (Å²) < 4.78 is 23.9. The lowest BCUT2D eigenvalue weighted by molar-refractivity contribution is 0.206. The number of hydrogen-bond acceptors (Lipinski definition) is 3. The number of amides is 1. The highest BCUT2D eigenvalue weighted by Gasteiger charge is 2.43. The minimum absolute atomic E-state index is 0.104. The minimum Gasteiger partial charge on any atom is -0.321 e. The van der Waals surface area contributed by atoms with E-state index in [1.807, 2.05) is 60.7 Å². The Morgan fingerprint density at radius 1 is 0.909 bits per heavy atom. The molecule has 3 rings (SSSR count). The van der Waals surface area contributed by atoms with E-state index in [9.17, 15) is 13.2 Å². The highest BCUT2D eigenvalue weighted by molar-refractivity contribution is 8.06. The summed E-state index contributed by atoms with van der Waals surface area (Å²) in [6, 6.07) is 18.8. The maximum absolute atomic E-state index is 12.2. The van der Waals surface area contributed by atoms with Crippen molar-refractivity contribution in [2.24, 2.45) is 0 Å². The van der Waals surface area contributed by atoms with Crippen LogP contribution in [0.4, 0.5) is 4.79 Å². The third kappa shape index (κ3) is 3.04. The fraction of sp³-hybridized carbons (Fsp3) is 0.235. The molecule has 4 nitrogen and oxygen atoms in total. The number of hydrogen-bond donors (Lipinski definition) is 0. The van der Waals surface area contributed by atoms with Crippen molar-refractivity contribution in [3.63, 3.8) is 0 Å². The number of rotatable bonds is 4. The van der Waals surface area contributed by atoms with E-state index >= 15 is 0 Å². The Morgan fingerprint density at radius 3 is 2.05 bits per heavy atom. The van der Waals surface area contributed by atoms with Crippen molar-refractivity contribution < 1.29 is 13.2 Å². The van der Waals surface area contributed by atoms with Crippen LogP contribution < -0.4 is 0 Å². The second kappa shape index (κ2) is 5.93. The quantitative estimate of drug-likeness (QED) is 0.871. The molecule has 114 valence electrons. The fourth-order valence-corrected chi connectivity index (χ4v) is 4.29. The van der Waals surface area contributed by atoms with Gasteiger partial charge in [-0.25, -0.2) is 8.42 Å². The summed E-state index contributed by atoms with van der Waals surface area (Å²) in [5.74, 6) is -0.104. The largest absolute Gasteiger partial charge is 0.339 e. The summed E-state index contributed by atoms with van der Waals surface area (Å²) in [6.07, 6.45) is 0.554. The van der Waals surface area contributed by atoms with Gasteiger partial charge in [-0.15, -0.1) is 0 Å². The molecule has 0 spiro atoms. The Hall–Kier alpha value is -2.14. The molecule has 0 saturated carbocycles. The van der Waals surface area contributed by atoms with E-state index in [0.29, 0.717) is 13.0 Å². The van der Waals surface area contributed by atoms with Gasteiger partial charge in [0.1, 0.15) is 0 Å². The Labute approximate surface area is 130 Å². The first-order valence-electron chi connectivity index (χ1n) is 7.17. The third-order valence-electron chi connectivity index (χ3n) is 3.86. The molecule has 2 aromatic rings. The lowest BCUT2D eigenvalue weighted by atomic mass is 10.1. The summed E-state index contributed by atoms with van der Waals surface area (Å²) in [7, 11) is -3.68. The lowest BCUT2D eigenvalue weighted by Crippen LogP contribution is -2.34. The van der Waals surface area contributed by atoms with Gasteiger partial charge in [0.2, 0.25) is 9.84 Å². The van der Waals surface area contributed by atoms with Gasteiger partial charge >= 0.3 is 5.24 Å². The molecule has 0 aromatic heterocycles. The number of sulfone groups is 1. The van der Waals surface area contributed by atoms with Crippen LogP contribution in [0.2, 0.25) is 0 Å². The monoisotopic (exact) mass is 315 g/mol. The molecule has 22 heavy (non-hydrogen) atoms. The molecule has 0 bridgehead atoms. The van der Waals surface area contributed by atoms with Crippen molar-refractivity contribution in [1.82, 2.24) is 4.90 Å². The van der Waals surface area contributed by atoms with Crippen LogP contribution in [0, 0.1) is 0 Å². The SMILES string of the molecule is O=C1N(Cc2ccccc2)C(Cc2ccccc2)CS1(=O)=O. The average molecular weight is 315 g/mol. The van der Waals surface area contributed by atoms with Gasteiger partial charge in [0.15, 0.2) is 0 Å². The molecule has 1 fully saturated rings. The summed E-state index contributed by atoms with van der Waals surface area (Å²) in [5.41, 5.74) is 1.97. The highest BCUT2D eigenvalue weighted by Crippen LogP contribution is 2.24. The van der Waals surface area contributed by atoms with Crippen LogP contribution in [-0.4, -0.2) is 30.4 Å². The molecule has 2 aromatic carbocycles. The van der Waals surface area contributed by atoms with Crippen LogP contribution in [0.15, 0.2) is 60.7 Å². The lowest BCUT2D eigenvalue weighted by Gasteiger charge is -2.23. The molecular weight excluding hydrogens is 298 g/mol. The zero-order chi connectivity index (χ0) is 15.6. The maximum atomic E-state index is 12.2. The van der Waals surface area contributed by atoms with Crippen molar-refractivity contribution in [2.75, 3.05) is 5.75 Å². The molecular formula is C17H17NO3S. The zero-order valence-electron chi connectivity index (χ0n) is 12.1. The van der Waals surface area contributed by atoms with Gasteiger partial charge in [-0.2, -0.15) is 0 Å². The number of carbonyl (C=O) groups excluding carboxylic acids is 1. The second-order valence-corrected chi connectivity index (χ2v) is 7.42. The summed E-state index contributed by atoms with van der Waals surface area (Å²) in [5, 5.41) is -0.753. The van der Waals surface area contributed by atoms with Crippen LogP contribution in [-0.2, 0) is 22.8 Å². The zero-order valence-corrected chi connectivity index (χ0v) is 12.9. The van der Waals surface area contributed by atoms with Crippen LogP contribution in [0.5, 0.6) is 0 Å². The van der Waals surface area contributed by atoms with E-state index in [-0.39, 0.29) is 11.8 Å². The number of nitrogens with zero attached hydrogens (tertiary/aromatic N) is 1. The summed E-state index contributed by atoms with van der Waals surface area (Å²) in [6.45, 7) is 0.330. The molecule has 0 radical (unpaired) electrons. The Kier molecular flexibility index (Phi) is 3.98. The molecule has 1 aliphatic rings. The van der Waals surface area contributed by atoms with Gasteiger partial charge < -0.3 is 4.90 Å². The van der Waals surface area contributed by atoms with Crippen molar-refractivity contribution in [3.8, 4) is 0 Å². The average Bonchev–Trinajstić information content (AvgIpc) is 2.72. The Balaban J connectivity index is 1.85. The normalized spacial score (nSPS) is 20.3. The van der Waals surface area contributed by atoms with Crippen molar-refractivity contribution in [2.45, 2.75) is 19.0 Å². The first-order valence-corrected chi connectivity index (χ1v) is 8.83. The Morgan fingerprint density at radius 2 is 1.45 bits per heavy atom. The van der Waals surface area contributed by atoms with Gasteiger partial charge in [0.05, 0.1) is 11.8 Å². The molecule has 1 heterocycles. The molecule has 1 atom stereocenters. The summed E-state index contributed by atoms with van der Waals surface area (Å²) >= 11 is 0. The molecule has 0 aliphatic carbocycles. The van der Waals surface area contributed by atoms with Gasteiger partial charge in [0, 0.05) is 6.54 Å². The maximum Gasteiger partial charge on any atom is 0.339 e. The summed E-state index contributed by atoms with van der Waals surface area (Å²) in [4.78, 5) is 13.7. The molecule has 1 aliphatic heterocycles. The van der Waals surface area contributed by atoms with Crippen LogP contribution in [0.1, 0.15) is 11.1 Å². The number of benzene rings is 2. The van der Waals surface area contributed by atoms with E-state index < -0.39 is 15.1 Å². The smallest absolute Gasteiger partial charge is 0.321 e. The molecule has 1 amide bonds. The van der Waals surface area contributed by atoms with Crippen LogP contribution >= 0.6 is 0 Å². The number of carbonyl (C=O) groups is 1. The minimum atomic E-state index is -3.68. The standard InChI is InChI=1S/C17H17NO3S/c19-17-18(12-15-9-5-2-6-10-15)16(13-22(17,20)21)11-14-7-3-1-4-8-14/h1-10,16H,11-13H2. The van der Waals surface area contributed by atoms with E-state index in [2.05, 4.69) is 0 Å². The van der Waals surface area contributed by atoms with Crippen molar-refractivity contribution in [1.29, 1.82) is 0 Å².